The predicted molar refractivity (Wildman–Crippen MR) is 248 cm³/mol. The summed E-state index contributed by atoms with van der Waals surface area (Å²) in [5.41, 5.74) is 0. The van der Waals surface area contributed by atoms with Crippen LogP contribution in [-0.2, 0) is 27.9 Å². The number of esters is 1. The molecular weight excluding hydrogens is 812 g/mol. The first-order chi connectivity index (χ1) is 30.0. The summed E-state index contributed by atoms with van der Waals surface area (Å²) in [6.45, 7) is 3.83. The smallest absolute Gasteiger partial charge is 0.457 e. The number of allylic oxidation sites excluding steroid dienone is 19. The highest BCUT2D eigenvalue weighted by atomic mass is 31.2. The van der Waals surface area contributed by atoms with Crippen LogP contribution in [0.25, 0.3) is 0 Å². The molecule has 1 rings (SSSR count). The van der Waals surface area contributed by atoms with Gasteiger partial charge in [0.25, 0.3) is 0 Å². The lowest BCUT2D eigenvalue weighted by Crippen LogP contribution is -2.64. The maximum Gasteiger partial charge on any atom is 0.472 e. The molecule has 6 N–H and O–H groups in total. The van der Waals surface area contributed by atoms with Gasteiger partial charge in [-0.2, -0.15) is 0 Å². The number of carbonyl (C=O) groups excluding carboxylic acids is 1. The first kappa shape index (κ1) is 56.8. The van der Waals surface area contributed by atoms with Crippen LogP contribution in [0.5, 0.6) is 0 Å². The molecule has 6 unspecified atom stereocenters. The number of phosphoric acid groups is 1. The van der Waals surface area contributed by atoms with Crippen LogP contribution in [0.3, 0.4) is 0 Å². The Bertz CT molecular complexity index is 1480. The van der Waals surface area contributed by atoms with E-state index in [0.717, 1.165) is 89.9 Å². The van der Waals surface area contributed by atoms with Crippen LogP contribution < -0.4 is 0 Å². The van der Waals surface area contributed by atoms with Crippen molar-refractivity contribution in [2.45, 2.75) is 159 Å². The van der Waals surface area contributed by atoms with Gasteiger partial charge in [0, 0.05) is 6.61 Å². The Morgan fingerprint density at radius 2 is 0.903 bits per heavy atom. The first-order valence-corrected chi connectivity index (χ1v) is 23.9. The van der Waals surface area contributed by atoms with Gasteiger partial charge in [0.15, 0.2) is 0 Å². The maximum absolute atomic E-state index is 12.8. The first-order valence-electron chi connectivity index (χ1n) is 22.4. The molecule has 62 heavy (non-hydrogen) atoms. The Labute approximate surface area is 371 Å². The van der Waals surface area contributed by atoms with Crippen LogP contribution in [-0.4, -0.2) is 98.9 Å². The SMILES string of the molecule is CC/C=C\C/C=C\C/C=C\C/C=C\C/C=C\CCCCCCOCC(COP(=O)(O)OC1C(O)C(O)C(O)C(O)C1O)OC(=O)C/C=C\C/C=C\C/C=C\C/C=C\C/C=C\CC. The monoisotopic (exact) mass is 889 g/mol. The summed E-state index contributed by atoms with van der Waals surface area (Å²) in [4.78, 5) is 23.1. The van der Waals surface area contributed by atoms with Gasteiger partial charge < -0.3 is 39.9 Å². The molecule has 1 fully saturated rings. The molecule has 0 aromatic rings. The standard InChI is InChI=1S/C49H77O12P/c1-3-5-7-9-11-13-15-17-19-20-21-22-23-25-27-29-31-33-35-37-39-58-40-42(41-59-62(56,57)61-49-47(54)45(52)44(51)46(53)48(49)55)60-43(50)38-36-34-32-30-28-26-24-18-16-14-12-10-8-6-4-2/h5-8,11-14,17-19,21-22,24-25,27-28,30,34,36,42,44-49,51-55H,3-4,9-10,15-16,20,23,26,29,31-33,35,37-41H2,1-2H3,(H,56,57)/b7-5-,8-6-,13-11-,14-12-,19-17-,22-21-,24-18-,27-25-,30-28-,36-34-. The number of carbonyl (C=O) groups is 1. The lowest BCUT2D eigenvalue weighted by atomic mass is 9.85. The highest BCUT2D eigenvalue weighted by Gasteiger charge is 2.51. The molecule has 350 valence electrons. The lowest BCUT2D eigenvalue weighted by Gasteiger charge is -2.41. The Morgan fingerprint density at radius 3 is 1.35 bits per heavy atom. The third-order valence-corrected chi connectivity index (χ3v) is 10.3. The molecule has 0 spiro atoms. The van der Waals surface area contributed by atoms with Crippen molar-refractivity contribution < 1.29 is 58.3 Å². The quantitative estimate of drug-likeness (QED) is 0.0153. The molecule has 0 aliphatic heterocycles. The van der Waals surface area contributed by atoms with E-state index in [9.17, 15) is 39.8 Å². The van der Waals surface area contributed by atoms with Crippen LogP contribution in [0.15, 0.2) is 122 Å². The van der Waals surface area contributed by atoms with E-state index in [2.05, 4.69) is 111 Å². The lowest BCUT2D eigenvalue weighted by molar-refractivity contribution is -0.220. The zero-order chi connectivity index (χ0) is 45.5. The Kier molecular flexibility index (Phi) is 35.0. The largest absolute Gasteiger partial charge is 0.472 e. The summed E-state index contributed by atoms with van der Waals surface area (Å²) in [5.74, 6) is -0.620. The second kappa shape index (κ2) is 38.2. The number of phosphoric ester groups is 1. The summed E-state index contributed by atoms with van der Waals surface area (Å²) >= 11 is 0. The van der Waals surface area contributed by atoms with Crippen molar-refractivity contribution in [3.8, 4) is 0 Å². The summed E-state index contributed by atoms with van der Waals surface area (Å²) in [6, 6.07) is 0. The number of unbranched alkanes of at least 4 members (excludes halogenated alkanes) is 4. The van der Waals surface area contributed by atoms with Gasteiger partial charge in [-0.1, -0.05) is 148 Å². The van der Waals surface area contributed by atoms with Crippen molar-refractivity contribution in [1.82, 2.24) is 0 Å². The molecule has 12 nitrogen and oxygen atoms in total. The minimum absolute atomic E-state index is 0.0617. The molecule has 0 aromatic carbocycles. The molecule has 0 heterocycles. The molecule has 1 aliphatic carbocycles. The zero-order valence-electron chi connectivity index (χ0n) is 37.1. The molecule has 1 saturated carbocycles. The van der Waals surface area contributed by atoms with Gasteiger partial charge >= 0.3 is 13.8 Å². The summed E-state index contributed by atoms with van der Waals surface area (Å²) in [6.07, 6.45) is 43.0. The molecular formula is C49H77O12P. The third-order valence-electron chi connectivity index (χ3n) is 9.36. The fraction of sp³-hybridized carbons (Fsp3) is 0.571. The van der Waals surface area contributed by atoms with E-state index >= 15 is 0 Å². The molecule has 0 radical (unpaired) electrons. The van der Waals surface area contributed by atoms with Crippen molar-refractivity contribution in [3.63, 3.8) is 0 Å². The number of rotatable bonds is 35. The average Bonchev–Trinajstić information content (AvgIpc) is 3.26. The minimum atomic E-state index is -5.06. The number of aliphatic hydroxyl groups is 5. The number of ether oxygens (including phenoxy) is 2. The number of hydrogen-bond donors (Lipinski definition) is 6. The Balaban J connectivity index is 2.50. The number of aliphatic hydroxyl groups excluding tert-OH is 5. The van der Waals surface area contributed by atoms with Gasteiger partial charge in [0.1, 0.15) is 42.7 Å². The molecule has 0 aromatic heterocycles. The summed E-state index contributed by atoms with van der Waals surface area (Å²) in [5, 5.41) is 50.1. The summed E-state index contributed by atoms with van der Waals surface area (Å²) in [7, 11) is -5.06. The molecule has 6 atom stereocenters. The Hall–Kier alpha value is -3.26. The second-order valence-corrected chi connectivity index (χ2v) is 16.2. The van der Waals surface area contributed by atoms with Crippen molar-refractivity contribution >= 4 is 13.8 Å². The van der Waals surface area contributed by atoms with Crippen molar-refractivity contribution in [2.75, 3.05) is 19.8 Å². The van der Waals surface area contributed by atoms with Crippen molar-refractivity contribution in [3.05, 3.63) is 122 Å². The topological polar surface area (TPSA) is 192 Å². The van der Waals surface area contributed by atoms with Gasteiger partial charge in [-0.25, -0.2) is 4.57 Å². The van der Waals surface area contributed by atoms with E-state index in [4.69, 9.17) is 18.5 Å². The van der Waals surface area contributed by atoms with Crippen molar-refractivity contribution in [2.24, 2.45) is 0 Å². The van der Waals surface area contributed by atoms with Gasteiger partial charge in [-0.15, -0.1) is 0 Å². The third kappa shape index (κ3) is 29.9. The van der Waals surface area contributed by atoms with E-state index in [1.54, 1.807) is 6.08 Å². The normalized spacial score (nSPS) is 23.2. The van der Waals surface area contributed by atoms with E-state index in [1.165, 1.54) is 0 Å². The van der Waals surface area contributed by atoms with E-state index in [0.29, 0.717) is 13.0 Å². The van der Waals surface area contributed by atoms with Gasteiger partial charge in [0.2, 0.25) is 0 Å². The average molecular weight is 889 g/mol. The molecule has 0 amide bonds. The van der Waals surface area contributed by atoms with E-state index in [-0.39, 0.29) is 13.0 Å². The molecule has 0 bridgehead atoms. The summed E-state index contributed by atoms with van der Waals surface area (Å²) < 4.78 is 34.0. The number of hydrogen-bond acceptors (Lipinski definition) is 11. The minimum Gasteiger partial charge on any atom is -0.457 e. The molecule has 0 saturated heterocycles. The highest BCUT2D eigenvalue weighted by molar-refractivity contribution is 7.47. The van der Waals surface area contributed by atoms with Crippen molar-refractivity contribution in [1.29, 1.82) is 0 Å². The van der Waals surface area contributed by atoms with Crippen LogP contribution >= 0.6 is 7.82 Å². The molecule has 13 heteroatoms. The van der Waals surface area contributed by atoms with Crippen LogP contribution in [0.2, 0.25) is 0 Å². The predicted octanol–water partition coefficient (Wildman–Crippen LogP) is 9.08. The second-order valence-electron chi connectivity index (χ2n) is 14.8. The maximum atomic E-state index is 12.8. The van der Waals surface area contributed by atoms with Crippen LogP contribution in [0.1, 0.15) is 117 Å². The molecule has 1 aliphatic rings. The highest BCUT2D eigenvalue weighted by Crippen LogP contribution is 2.47. The van der Waals surface area contributed by atoms with Gasteiger partial charge in [-0.3, -0.25) is 13.8 Å². The van der Waals surface area contributed by atoms with Crippen LogP contribution in [0, 0.1) is 0 Å². The Morgan fingerprint density at radius 1 is 0.516 bits per heavy atom. The fourth-order valence-electron chi connectivity index (χ4n) is 5.87. The van der Waals surface area contributed by atoms with Crippen LogP contribution in [0.4, 0.5) is 0 Å². The fourth-order valence-corrected chi connectivity index (χ4v) is 6.84. The van der Waals surface area contributed by atoms with Gasteiger partial charge in [0.05, 0.1) is 19.6 Å². The van der Waals surface area contributed by atoms with E-state index in [1.807, 2.05) is 18.2 Å². The van der Waals surface area contributed by atoms with E-state index < -0.39 is 63.1 Å². The zero-order valence-corrected chi connectivity index (χ0v) is 38.0. The van der Waals surface area contributed by atoms with Gasteiger partial charge in [-0.05, 0) is 83.5 Å².